The summed E-state index contributed by atoms with van der Waals surface area (Å²) < 4.78 is 1.05. The molecule has 2 N–H and O–H groups in total. The third kappa shape index (κ3) is 2.81. The van der Waals surface area contributed by atoms with Gasteiger partial charge in [-0.2, -0.15) is 0 Å². The molecule has 0 bridgehead atoms. The lowest BCUT2D eigenvalue weighted by Gasteiger charge is -2.04. The number of nitrogens with zero attached hydrogens (tertiary/aromatic N) is 2. The number of hydrogen-bond acceptors (Lipinski definition) is 5. The van der Waals surface area contributed by atoms with E-state index in [0.29, 0.717) is 0 Å². The molecule has 0 aliphatic rings. The van der Waals surface area contributed by atoms with E-state index < -0.39 is 0 Å². The number of aryl methyl sites for hydroxylation is 1. The number of nitrogens with two attached hydrogens (primary N) is 1. The second-order valence-corrected chi connectivity index (χ2v) is 5.74. The van der Waals surface area contributed by atoms with Gasteiger partial charge in [-0.15, -0.1) is 11.3 Å². The molecule has 16 heavy (non-hydrogen) atoms. The molecule has 84 valence electrons. The number of aromatic nitrogens is 2. The standard InChI is InChI=1S/C11H13N3S2/c1-7-6-15-11(14-7)16-9-3-4-10(8(2)12)13-5-9/h3-6,8H,12H2,1-2H3. The Hall–Kier alpha value is -0.910. The molecule has 0 fully saturated rings. The van der Waals surface area contributed by atoms with Crippen LogP contribution in [0.15, 0.2) is 32.9 Å². The molecule has 2 rings (SSSR count). The summed E-state index contributed by atoms with van der Waals surface area (Å²) in [5, 5.41) is 2.05. The molecule has 0 spiro atoms. The quantitative estimate of drug-likeness (QED) is 0.911. The maximum absolute atomic E-state index is 5.74. The van der Waals surface area contributed by atoms with E-state index in [-0.39, 0.29) is 6.04 Å². The zero-order valence-corrected chi connectivity index (χ0v) is 10.8. The van der Waals surface area contributed by atoms with Crippen LogP contribution in [-0.4, -0.2) is 9.97 Å². The summed E-state index contributed by atoms with van der Waals surface area (Å²) in [5.41, 5.74) is 7.72. The maximum atomic E-state index is 5.74. The van der Waals surface area contributed by atoms with E-state index in [4.69, 9.17) is 5.73 Å². The zero-order chi connectivity index (χ0) is 11.5. The highest BCUT2D eigenvalue weighted by Gasteiger charge is 2.04. The van der Waals surface area contributed by atoms with Gasteiger partial charge in [0.15, 0.2) is 4.34 Å². The van der Waals surface area contributed by atoms with Crippen LogP contribution in [0.2, 0.25) is 0 Å². The molecule has 0 aliphatic heterocycles. The summed E-state index contributed by atoms with van der Waals surface area (Å²) in [5.74, 6) is 0. The van der Waals surface area contributed by atoms with Gasteiger partial charge in [0.2, 0.25) is 0 Å². The van der Waals surface area contributed by atoms with Gasteiger partial charge in [0.05, 0.1) is 5.69 Å². The summed E-state index contributed by atoms with van der Waals surface area (Å²) in [6.07, 6.45) is 1.85. The third-order valence-corrected chi connectivity index (χ3v) is 4.06. The van der Waals surface area contributed by atoms with Gasteiger partial charge in [-0.3, -0.25) is 4.98 Å². The lowest BCUT2D eigenvalue weighted by atomic mass is 10.2. The smallest absolute Gasteiger partial charge is 0.154 e. The Kier molecular flexibility index (Phi) is 3.58. The van der Waals surface area contributed by atoms with E-state index >= 15 is 0 Å². The van der Waals surface area contributed by atoms with E-state index in [1.54, 1.807) is 23.1 Å². The normalized spacial score (nSPS) is 12.7. The van der Waals surface area contributed by atoms with Crippen LogP contribution in [0.25, 0.3) is 0 Å². The second-order valence-electron chi connectivity index (χ2n) is 3.56. The number of pyridine rings is 1. The Labute approximate surface area is 103 Å². The molecule has 2 heterocycles. The second kappa shape index (κ2) is 4.95. The van der Waals surface area contributed by atoms with Crippen LogP contribution >= 0.6 is 23.1 Å². The Morgan fingerprint density at radius 2 is 2.25 bits per heavy atom. The lowest BCUT2D eigenvalue weighted by molar-refractivity contribution is 0.777. The van der Waals surface area contributed by atoms with E-state index in [0.717, 1.165) is 20.6 Å². The predicted octanol–water partition coefficient (Wildman–Crippen LogP) is 3.02. The molecule has 0 aromatic carbocycles. The molecule has 0 radical (unpaired) electrons. The first-order chi connectivity index (χ1) is 7.65. The Morgan fingerprint density at radius 1 is 1.44 bits per heavy atom. The van der Waals surface area contributed by atoms with Crippen LogP contribution in [-0.2, 0) is 0 Å². The molecule has 5 heteroatoms. The maximum Gasteiger partial charge on any atom is 0.154 e. The fourth-order valence-corrected chi connectivity index (χ4v) is 2.98. The van der Waals surface area contributed by atoms with Crippen molar-refractivity contribution in [2.45, 2.75) is 29.1 Å². The van der Waals surface area contributed by atoms with Gasteiger partial charge in [0.1, 0.15) is 0 Å². The molecule has 2 aromatic heterocycles. The average Bonchev–Trinajstić information content (AvgIpc) is 2.65. The van der Waals surface area contributed by atoms with Crippen molar-refractivity contribution >= 4 is 23.1 Å². The Balaban J connectivity index is 2.11. The highest BCUT2D eigenvalue weighted by Crippen LogP contribution is 2.29. The molecule has 0 amide bonds. The van der Waals surface area contributed by atoms with Crippen molar-refractivity contribution in [2.24, 2.45) is 5.73 Å². The molecular formula is C11H13N3S2. The van der Waals surface area contributed by atoms with Crippen LogP contribution < -0.4 is 5.73 Å². The van der Waals surface area contributed by atoms with E-state index in [9.17, 15) is 0 Å². The summed E-state index contributed by atoms with van der Waals surface area (Å²) in [6.45, 7) is 3.93. The SMILES string of the molecule is Cc1csc(Sc2ccc(C(C)N)nc2)n1. The summed E-state index contributed by atoms with van der Waals surface area (Å²) in [7, 11) is 0. The van der Waals surface area contributed by atoms with Crippen LogP contribution in [0.5, 0.6) is 0 Å². The van der Waals surface area contributed by atoms with Crippen LogP contribution in [0.1, 0.15) is 24.4 Å². The average molecular weight is 251 g/mol. The van der Waals surface area contributed by atoms with E-state index in [2.05, 4.69) is 9.97 Å². The number of rotatable bonds is 3. The Morgan fingerprint density at radius 3 is 2.75 bits per heavy atom. The molecule has 0 saturated heterocycles. The highest BCUT2D eigenvalue weighted by atomic mass is 32.2. The van der Waals surface area contributed by atoms with Gasteiger partial charge < -0.3 is 5.73 Å². The topological polar surface area (TPSA) is 51.8 Å². The van der Waals surface area contributed by atoms with Crippen molar-refractivity contribution in [3.05, 3.63) is 35.1 Å². The van der Waals surface area contributed by atoms with Gasteiger partial charge >= 0.3 is 0 Å². The number of thiazole rings is 1. The lowest BCUT2D eigenvalue weighted by Crippen LogP contribution is -2.06. The van der Waals surface area contributed by atoms with Crippen molar-refractivity contribution in [3.63, 3.8) is 0 Å². The first-order valence-electron chi connectivity index (χ1n) is 4.96. The van der Waals surface area contributed by atoms with Crippen molar-refractivity contribution in [3.8, 4) is 0 Å². The summed E-state index contributed by atoms with van der Waals surface area (Å²) in [6, 6.07) is 3.99. The predicted molar refractivity (Wildman–Crippen MR) is 67.8 cm³/mol. The molecule has 0 saturated carbocycles. The zero-order valence-electron chi connectivity index (χ0n) is 9.18. The van der Waals surface area contributed by atoms with Crippen molar-refractivity contribution in [1.82, 2.24) is 9.97 Å². The minimum absolute atomic E-state index is 0.0128. The first-order valence-corrected chi connectivity index (χ1v) is 6.66. The van der Waals surface area contributed by atoms with Crippen molar-refractivity contribution in [1.29, 1.82) is 0 Å². The molecule has 2 aromatic rings. The fraction of sp³-hybridized carbons (Fsp3) is 0.273. The molecule has 3 nitrogen and oxygen atoms in total. The first kappa shape index (κ1) is 11.6. The van der Waals surface area contributed by atoms with Gasteiger partial charge in [-0.1, -0.05) is 11.8 Å². The summed E-state index contributed by atoms with van der Waals surface area (Å²) >= 11 is 3.29. The third-order valence-electron chi connectivity index (χ3n) is 2.03. The molecule has 0 aliphatic carbocycles. The van der Waals surface area contributed by atoms with Gasteiger partial charge in [-0.25, -0.2) is 4.98 Å². The summed E-state index contributed by atoms with van der Waals surface area (Å²) in [4.78, 5) is 9.80. The van der Waals surface area contributed by atoms with Crippen molar-refractivity contribution < 1.29 is 0 Å². The molecule has 1 atom stereocenters. The van der Waals surface area contributed by atoms with Gasteiger partial charge in [0.25, 0.3) is 0 Å². The van der Waals surface area contributed by atoms with Crippen LogP contribution in [0.4, 0.5) is 0 Å². The van der Waals surface area contributed by atoms with E-state index in [1.165, 1.54) is 0 Å². The van der Waals surface area contributed by atoms with Gasteiger partial charge in [0, 0.05) is 28.2 Å². The minimum atomic E-state index is -0.0128. The molecule has 1 unspecified atom stereocenters. The molecular weight excluding hydrogens is 238 g/mol. The van der Waals surface area contributed by atoms with E-state index in [1.807, 2.05) is 37.6 Å². The fourth-order valence-electron chi connectivity index (χ4n) is 1.20. The highest BCUT2D eigenvalue weighted by molar-refractivity contribution is 8.01. The number of hydrogen-bond donors (Lipinski definition) is 1. The monoisotopic (exact) mass is 251 g/mol. The Bertz CT molecular complexity index is 462. The van der Waals surface area contributed by atoms with Crippen molar-refractivity contribution in [2.75, 3.05) is 0 Å². The van der Waals surface area contributed by atoms with Gasteiger partial charge in [-0.05, 0) is 26.0 Å². The van der Waals surface area contributed by atoms with Crippen LogP contribution in [0, 0.1) is 6.92 Å². The largest absolute Gasteiger partial charge is 0.323 e. The minimum Gasteiger partial charge on any atom is -0.323 e. The van der Waals surface area contributed by atoms with Crippen LogP contribution in [0.3, 0.4) is 0 Å².